The number of hydrogen-bond acceptors (Lipinski definition) is 8. The second kappa shape index (κ2) is 11.0. The van der Waals surface area contributed by atoms with Gasteiger partial charge < -0.3 is 24.7 Å². The standard InChI is InChI=1S/C29H26N6O3/c1-4-9-20(6-3)22-17-24(27(36)31-23-11-8-7-10-21(22)23)32-29-34-33-28(38-29)26-25(16-19(5-2)18-30-26)35-12-14-37-15-13-35/h2,4,6-11,16-18,24H,1,3,12-15H2,(H,31,36)(H,32,34)/b20-9+/t24-/m0/s1. The van der Waals surface area contributed by atoms with Gasteiger partial charge in [0, 0.05) is 36.1 Å². The first-order valence-electron chi connectivity index (χ1n) is 12.1. The molecule has 2 aliphatic rings. The van der Waals surface area contributed by atoms with Crippen LogP contribution in [-0.4, -0.2) is 53.4 Å². The first-order chi connectivity index (χ1) is 18.6. The van der Waals surface area contributed by atoms with Crippen LogP contribution in [0.25, 0.3) is 17.2 Å². The molecule has 0 saturated carbocycles. The molecule has 1 aromatic carbocycles. The van der Waals surface area contributed by atoms with Crippen molar-refractivity contribution in [3.05, 3.63) is 90.7 Å². The predicted molar refractivity (Wildman–Crippen MR) is 147 cm³/mol. The summed E-state index contributed by atoms with van der Waals surface area (Å²) < 4.78 is 11.4. The van der Waals surface area contributed by atoms with E-state index in [-0.39, 0.29) is 17.8 Å². The maximum Gasteiger partial charge on any atom is 0.316 e. The summed E-state index contributed by atoms with van der Waals surface area (Å²) >= 11 is 0. The molecule has 190 valence electrons. The number of rotatable bonds is 7. The Morgan fingerprint density at radius 1 is 1.24 bits per heavy atom. The number of allylic oxidation sites excluding steroid dienone is 5. The number of fused-ring (bicyclic) bond motifs is 1. The van der Waals surface area contributed by atoms with Crippen molar-refractivity contribution in [1.82, 2.24) is 15.2 Å². The van der Waals surface area contributed by atoms with Crippen LogP contribution >= 0.6 is 0 Å². The van der Waals surface area contributed by atoms with Gasteiger partial charge in [-0.3, -0.25) is 4.79 Å². The minimum Gasteiger partial charge on any atom is -0.402 e. The zero-order chi connectivity index (χ0) is 26.5. The third-order valence-corrected chi connectivity index (χ3v) is 6.21. The maximum absolute atomic E-state index is 13.2. The van der Waals surface area contributed by atoms with Gasteiger partial charge in [0.2, 0.25) is 0 Å². The highest BCUT2D eigenvalue weighted by Gasteiger charge is 2.27. The molecule has 4 heterocycles. The molecule has 3 aromatic rings. The van der Waals surface area contributed by atoms with Gasteiger partial charge >= 0.3 is 6.01 Å². The number of terminal acetylenes is 1. The molecular formula is C29H26N6O3. The highest BCUT2D eigenvalue weighted by atomic mass is 16.5. The van der Waals surface area contributed by atoms with E-state index in [2.05, 4.69) is 49.8 Å². The molecule has 0 bridgehead atoms. The van der Waals surface area contributed by atoms with E-state index in [4.69, 9.17) is 15.6 Å². The molecule has 0 aliphatic carbocycles. The summed E-state index contributed by atoms with van der Waals surface area (Å²) in [5.74, 6) is 2.55. The Morgan fingerprint density at radius 3 is 2.82 bits per heavy atom. The number of morpholine rings is 1. The minimum atomic E-state index is -0.811. The van der Waals surface area contributed by atoms with E-state index in [0.29, 0.717) is 43.2 Å². The number of para-hydroxylation sites is 1. The molecule has 1 amide bonds. The zero-order valence-electron chi connectivity index (χ0n) is 20.7. The van der Waals surface area contributed by atoms with Crippen LogP contribution in [-0.2, 0) is 9.53 Å². The lowest BCUT2D eigenvalue weighted by atomic mass is 9.95. The van der Waals surface area contributed by atoms with E-state index in [0.717, 1.165) is 22.4 Å². The van der Waals surface area contributed by atoms with Gasteiger partial charge in [-0.15, -0.1) is 11.5 Å². The van der Waals surface area contributed by atoms with Crippen molar-refractivity contribution < 1.29 is 13.9 Å². The van der Waals surface area contributed by atoms with Crippen LogP contribution < -0.4 is 15.5 Å². The first-order valence-corrected chi connectivity index (χ1v) is 12.1. The molecule has 38 heavy (non-hydrogen) atoms. The van der Waals surface area contributed by atoms with Gasteiger partial charge in [0.15, 0.2) is 5.69 Å². The van der Waals surface area contributed by atoms with Gasteiger partial charge in [-0.05, 0) is 29.4 Å². The molecule has 0 radical (unpaired) electrons. The van der Waals surface area contributed by atoms with E-state index in [1.54, 1.807) is 24.4 Å². The Labute approximate surface area is 220 Å². The van der Waals surface area contributed by atoms with Gasteiger partial charge in [0.05, 0.1) is 18.9 Å². The number of nitrogens with zero attached hydrogens (tertiary/aromatic N) is 4. The van der Waals surface area contributed by atoms with Gasteiger partial charge in [-0.2, -0.15) is 0 Å². The number of amides is 1. The Hall–Kier alpha value is -4.94. The number of pyridine rings is 1. The van der Waals surface area contributed by atoms with Gasteiger partial charge in [-0.25, -0.2) is 4.98 Å². The summed E-state index contributed by atoms with van der Waals surface area (Å²) in [6.45, 7) is 10.3. The SMILES string of the molecule is C#Cc1cnc(-c2nnc(N[C@H]3C=C(/C(C=C)=C/C=C)c4ccccc4NC3=O)o2)c(N2CCOCC2)c1. The Morgan fingerprint density at radius 2 is 2.05 bits per heavy atom. The van der Waals surface area contributed by atoms with E-state index in [1.807, 2.05) is 36.4 Å². The zero-order valence-corrected chi connectivity index (χ0v) is 20.7. The summed E-state index contributed by atoms with van der Waals surface area (Å²) in [6.07, 6.45) is 14.2. The average Bonchev–Trinajstić information content (AvgIpc) is 3.37. The minimum absolute atomic E-state index is 0.0744. The second-order valence-corrected chi connectivity index (χ2v) is 8.55. The van der Waals surface area contributed by atoms with Crippen LogP contribution in [0.3, 0.4) is 0 Å². The largest absolute Gasteiger partial charge is 0.402 e. The first kappa shape index (κ1) is 24.7. The van der Waals surface area contributed by atoms with E-state index in [1.165, 1.54) is 0 Å². The number of hydrogen-bond donors (Lipinski definition) is 2. The van der Waals surface area contributed by atoms with Crippen molar-refractivity contribution >= 4 is 28.9 Å². The van der Waals surface area contributed by atoms with Crippen molar-refractivity contribution in [3.63, 3.8) is 0 Å². The fourth-order valence-corrected chi connectivity index (χ4v) is 4.38. The quantitative estimate of drug-likeness (QED) is 0.365. The van der Waals surface area contributed by atoms with Gasteiger partial charge in [0.25, 0.3) is 11.8 Å². The molecule has 9 heteroatoms. The topological polar surface area (TPSA) is 105 Å². The van der Waals surface area contributed by atoms with Gasteiger partial charge in [0.1, 0.15) is 6.04 Å². The molecule has 1 saturated heterocycles. The van der Waals surface area contributed by atoms with Gasteiger partial charge in [-0.1, -0.05) is 60.6 Å². The number of aromatic nitrogens is 3. The molecule has 2 aromatic heterocycles. The van der Waals surface area contributed by atoms with E-state index < -0.39 is 6.04 Å². The summed E-state index contributed by atoms with van der Waals surface area (Å²) in [5, 5.41) is 14.4. The lowest BCUT2D eigenvalue weighted by molar-refractivity contribution is -0.116. The van der Waals surface area contributed by atoms with Crippen LogP contribution in [0, 0.1) is 12.3 Å². The highest BCUT2D eigenvalue weighted by Crippen LogP contribution is 2.34. The number of carbonyl (C=O) groups excluding carboxylic acids is 1. The lowest BCUT2D eigenvalue weighted by Gasteiger charge is -2.29. The van der Waals surface area contributed by atoms with Crippen LogP contribution in [0.5, 0.6) is 0 Å². The molecule has 1 fully saturated rings. The van der Waals surface area contributed by atoms with E-state index in [9.17, 15) is 4.79 Å². The molecule has 2 N–H and O–H groups in total. The third kappa shape index (κ3) is 4.98. The van der Waals surface area contributed by atoms with Crippen molar-refractivity contribution in [2.45, 2.75) is 6.04 Å². The molecule has 2 aliphatic heterocycles. The van der Waals surface area contributed by atoms with Crippen LogP contribution in [0.4, 0.5) is 17.4 Å². The van der Waals surface area contributed by atoms with Crippen molar-refractivity contribution in [3.8, 4) is 23.9 Å². The molecule has 1 atom stereocenters. The van der Waals surface area contributed by atoms with E-state index >= 15 is 0 Å². The Balaban J connectivity index is 1.48. The summed E-state index contributed by atoms with van der Waals surface area (Å²) in [5.41, 5.74) is 5.10. The molecule has 0 unspecified atom stereocenters. The maximum atomic E-state index is 13.2. The van der Waals surface area contributed by atoms with Crippen molar-refractivity contribution in [2.75, 3.05) is 41.8 Å². The Bertz CT molecular complexity index is 1490. The summed E-state index contributed by atoms with van der Waals surface area (Å²) in [7, 11) is 0. The average molecular weight is 507 g/mol. The number of benzene rings is 1. The van der Waals surface area contributed by atoms with Crippen LogP contribution in [0.2, 0.25) is 0 Å². The second-order valence-electron chi connectivity index (χ2n) is 8.55. The third-order valence-electron chi connectivity index (χ3n) is 6.21. The summed E-state index contributed by atoms with van der Waals surface area (Å²) in [6, 6.07) is 8.70. The predicted octanol–water partition coefficient (Wildman–Crippen LogP) is 4.06. The Kier molecular flexibility index (Phi) is 7.15. The van der Waals surface area contributed by atoms with Crippen molar-refractivity contribution in [2.24, 2.45) is 0 Å². The monoisotopic (exact) mass is 506 g/mol. The fraction of sp³-hybridized carbons (Fsp3) is 0.172. The fourth-order valence-electron chi connectivity index (χ4n) is 4.38. The lowest BCUT2D eigenvalue weighted by Crippen LogP contribution is -2.36. The number of carbonyl (C=O) groups is 1. The molecule has 0 spiro atoms. The highest BCUT2D eigenvalue weighted by molar-refractivity contribution is 6.05. The number of ether oxygens (including phenoxy) is 1. The van der Waals surface area contributed by atoms with Crippen LogP contribution in [0.1, 0.15) is 11.1 Å². The summed E-state index contributed by atoms with van der Waals surface area (Å²) in [4.78, 5) is 19.8. The smallest absolute Gasteiger partial charge is 0.316 e. The van der Waals surface area contributed by atoms with Crippen molar-refractivity contribution in [1.29, 1.82) is 0 Å². The molecular weight excluding hydrogens is 480 g/mol. The molecule has 9 nitrogen and oxygen atoms in total. The number of nitrogens with one attached hydrogen (secondary N) is 2. The van der Waals surface area contributed by atoms with Crippen LogP contribution in [0.15, 0.2) is 84.0 Å². The normalized spacial score (nSPS) is 17.4. The number of anilines is 3. The molecule has 5 rings (SSSR count).